The maximum absolute atomic E-state index is 11.2. The summed E-state index contributed by atoms with van der Waals surface area (Å²) in [7, 11) is 2.48. The van der Waals surface area contributed by atoms with Crippen molar-refractivity contribution in [3.05, 3.63) is 0 Å². The first-order valence-electron chi connectivity index (χ1n) is 4.77. The number of rotatable bonds is 6. The van der Waals surface area contributed by atoms with Crippen LogP contribution in [0.5, 0.6) is 0 Å². The number of hydrogen-bond donors (Lipinski definition) is 0. The minimum Gasteiger partial charge on any atom is -0.467 e. The second kappa shape index (κ2) is 6.97. The molecule has 0 aromatic heterocycles. The van der Waals surface area contributed by atoms with Crippen LogP contribution in [-0.4, -0.2) is 41.3 Å². The molecule has 0 amide bonds. The predicted molar refractivity (Wildman–Crippen MR) is 56.7 cm³/mol. The first-order valence-corrected chi connectivity index (χ1v) is 6.40. The van der Waals surface area contributed by atoms with Crippen molar-refractivity contribution in [1.29, 1.82) is 0 Å². The Bertz CT molecular complexity index is 168. The quantitative estimate of drug-likeness (QED) is 0.366. The number of ether oxygens (including phenoxy) is 3. The van der Waals surface area contributed by atoms with Crippen LogP contribution in [0.2, 0.25) is 0 Å². The fraction of sp³-hybridized carbons (Fsp3) is 0.889. The van der Waals surface area contributed by atoms with E-state index >= 15 is 0 Å². The summed E-state index contributed by atoms with van der Waals surface area (Å²) in [6.07, 6.45) is 0. The zero-order chi connectivity index (χ0) is 11.1. The highest BCUT2D eigenvalue weighted by atomic mass is 28.2. The second-order valence-electron chi connectivity index (χ2n) is 3.54. The first-order chi connectivity index (χ1) is 6.51. The van der Waals surface area contributed by atoms with E-state index in [-0.39, 0.29) is 23.5 Å². The Labute approximate surface area is 87.7 Å². The molecule has 4 nitrogen and oxygen atoms in total. The van der Waals surface area contributed by atoms with Gasteiger partial charge >= 0.3 is 5.97 Å². The van der Waals surface area contributed by atoms with E-state index < -0.39 is 9.52 Å². The summed E-state index contributed by atoms with van der Waals surface area (Å²) in [6.45, 7) is 5.53. The molecule has 84 valence electrons. The van der Waals surface area contributed by atoms with Gasteiger partial charge in [-0.3, -0.25) is 4.79 Å². The van der Waals surface area contributed by atoms with Crippen molar-refractivity contribution in [2.45, 2.75) is 32.4 Å². The molecule has 0 saturated carbocycles. The van der Waals surface area contributed by atoms with Crippen molar-refractivity contribution in [2.75, 3.05) is 14.2 Å². The molecule has 1 unspecified atom stereocenters. The predicted octanol–water partition coefficient (Wildman–Crippen LogP) is 0.277. The van der Waals surface area contributed by atoms with Crippen molar-refractivity contribution in [3.8, 4) is 0 Å². The van der Waals surface area contributed by atoms with Gasteiger partial charge in [0.15, 0.2) is 0 Å². The molecule has 0 aliphatic heterocycles. The highest BCUT2D eigenvalue weighted by molar-refractivity contribution is 6.38. The Hall–Kier alpha value is -0.393. The molecule has 0 fully saturated rings. The molecule has 1 atom stereocenters. The summed E-state index contributed by atoms with van der Waals surface area (Å²) in [5.74, 6) is -0.407. The fourth-order valence-corrected chi connectivity index (χ4v) is 2.13. The van der Waals surface area contributed by atoms with Gasteiger partial charge < -0.3 is 14.2 Å². The molecule has 0 aromatic rings. The van der Waals surface area contributed by atoms with Crippen LogP contribution >= 0.6 is 0 Å². The summed E-state index contributed by atoms with van der Waals surface area (Å²) in [4.78, 5) is 11.2. The van der Waals surface area contributed by atoms with Gasteiger partial charge in [-0.05, 0) is 6.92 Å². The Balaban J connectivity index is 3.84. The summed E-state index contributed by atoms with van der Waals surface area (Å²) in [5, 5.41) is 0. The topological polar surface area (TPSA) is 44.8 Å². The third-order valence-electron chi connectivity index (χ3n) is 1.84. The molecule has 0 bridgehead atoms. The molecule has 5 heteroatoms. The van der Waals surface area contributed by atoms with Crippen molar-refractivity contribution < 1.29 is 19.0 Å². The average molecular weight is 220 g/mol. The van der Waals surface area contributed by atoms with Gasteiger partial charge in [0.25, 0.3) is 0 Å². The van der Waals surface area contributed by atoms with Crippen molar-refractivity contribution in [1.82, 2.24) is 0 Å². The molecule has 0 aliphatic carbocycles. The molecule has 0 aromatic carbocycles. The van der Waals surface area contributed by atoms with Crippen molar-refractivity contribution in [2.24, 2.45) is 5.92 Å². The van der Waals surface area contributed by atoms with Crippen molar-refractivity contribution in [3.63, 3.8) is 0 Å². The van der Waals surface area contributed by atoms with E-state index in [1.807, 2.05) is 20.8 Å². The first kappa shape index (κ1) is 13.6. The van der Waals surface area contributed by atoms with E-state index in [0.717, 1.165) is 0 Å². The second-order valence-corrected chi connectivity index (χ2v) is 5.83. The zero-order valence-electron chi connectivity index (χ0n) is 9.57. The molecule has 0 aliphatic rings. The van der Waals surface area contributed by atoms with Gasteiger partial charge in [0, 0.05) is 14.2 Å². The van der Waals surface area contributed by atoms with Crippen LogP contribution in [0.25, 0.3) is 0 Å². The average Bonchev–Trinajstić information content (AvgIpc) is 2.13. The lowest BCUT2D eigenvalue weighted by atomic mass is 10.2. The summed E-state index contributed by atoms with van der Waals surface area (Å²) in [6, 6.07) is 0. The SMILES string of the molecule is COC(OC)[SiH2]C(C)OC(=O)C(C)C. The Morgan fingerprint density at radius 1 is 1.14 bits per heavy atom. The lowest BCUT2D eigenvalue weighted by Crippen LogP contribution is -2.34. The van der Waals surface area contributed by atoms with E-state index in [1.165, 1.54) is 0 Å². The largest absolute Gasteiger partial charge is 0.467 e. The molecular formula is C9H20O4Si. The van der Waals surface area contributed by atoms with E-state index in [4.69, 9.17) is 14.2 Å². The van der Waals surface area contributed by atoms with Gasteiger partial charge in [0.05, 0.1) is 11.6 Å². The lowest BCUT2D eigenvalue weighted by molar-refractivity contribution is -0.149. The minimum absolute atomic E-state index is 0.0465. The van der Waals surface area contributed by atoms with Crippen LogP contribution in [0, 0.1) is 5.92 Å². The van der Waals surface area contributed by atoms with Crippen LogP contribution in [0.1, 0.15) is 20.8 Å². The van der Waals surface area contributed by atoms with Gasteiger partial charge in [0.1, 0.15) is 15.4 Å². The van der Waals surface area contributed by atoms with E-state index in [0.29, 0.717) is 0 Å². The normalized spacial score (nSPS) is 14.2. The molecule has 14 heavy (non-hydrogen) atoms. The Kier molecular flexibility index (Phi) is 6.78. The maximum atomic E-state index is 11.2. The third-order valence-corrected chi connectivity index (χ3v) is 3.72. The van der Waals surface area contributed by atoms with E-state index in [1.54, 1.807) is 14.2 Å². The van der Waals surface area contributed by atoms with E-state index in [9.17, 15) is 4.79 Å². The molecule has 0 spiro atoms. The Morgan fingerprint density at radius 3 is 2.00 bits per heavy atom. The Morgan fingerprint density at radius 2 is 1.64 bits per heavy atom. The van der Waals surface area contributed by atoms with Gasteiger partial charge in [-0.1, -0.05) is 13.8 Å². The monoisotopic (exact) mass is 220 g/mol. The van der Waals surface area contributed by atoms with E-state index in [2.05, 4.69) is 0 Å². The van der Waals surface area contributed by atoms with Crippen LogP contribution in [-0.2, 0) is 19.0 Å². The van der Waals surface area contributed by atoms with Crippen molar-refractivity contribution >= 4 is 15.5 Å². The lowest BCUT2D eigenvalue weighted by Gasteiger charge is -2.19. The number of carbonyl (C=O) groups is 1. The van der Waals surface area contributed by atoms with Crippen LogP contribution < -0.4 is 0 Å². The molecule has 0 heterocycles. The molecule has 0 N–H and O–H groups in total. The van der Waals surface area contributed by atoms with Gasteiger partial charge in [0.2, 0.25) is 0 Å². The fourth-order valence-electron chi connectivity index (χ4n) is 0.942. The minimum atomic E-state index is -0.713. The molecular weight excluding hydrogens is 200 g/mol. The number of carbonyl (C=O) groups excluding carboxylic acids is 1. The maximum Gasteiger partial charge on any atom is 0.308 e. The summed E-state index contributed by atoms with van der Waals surface area (Å²) < 4.78 is 15.3. The van der Waals surface area contributed by atoms with Crippen LogP contribution in [0.15, 0.2) is 0 Å². The number of hydrogen-bond acceptors (Lipinski definition) is 4. The van der Waals surface area contributed by atoms with Crippen LogP contribution in [0.4, 0.5) is 0 Å². The van der Waals surface area contributed by atoms with Crippen LogP contribution in [0.3, 0.4) is 0 Å². The third kappa shape index (κ3) is 5.36. The molecule has 0 saturated heterocycles. The highest BCUT2D eigenvalue weighted by Crippen LogP contribution is 2.02. The standard InChI is InChI=1S/C9H20O4Si/c1-6(2)8(10)13-7(3)14-9(11-4)12-5/h6-7,9H,14H2,1-5H3. The molecule has 0 rings (SSSR count). The van der Waals surface area contributed by atoms with Gasteiger partial charge in [-0.2, -0.15) is 0 Å². The smallest absolute Gasteiger partial charge is 0.308 e. The highest BCUT2D eigenvalue weighted by Gasteiger charge is 2.17. The van der Waals surface area contributed by atoms with Gasteiger partial charge in [-0.15, -0.1) is 0 Å². The molecule has 0 radical (unpaired) electrons. The summed E-state index contributed by atoms with van der Waals surface area (Å²) >= 11 is 0. The number of esters is 1. The van der Waals surface area contributed by atoms with Gasteiger partial charge in [-0.25, -0.2) is 0 Å². The zero-order valence-corrected chi connectivity index (χ0v) is 11.0. The summed E-state index contributed by atoms with van der Waals surface area (Å²) in [5.41, 5.74) is -0.0465. The number of methoxy groups -OCH3 is 2.